The zero-order chi connectivity index (χ0) is 15.9. The van der Waals surface area contributed by atoms with Crippen molar-refractivity contribution < 1.29 is 18.7 Å². The summed E-state index contributed by atoms with van der Waals surface area (Å²) in [6.45, 7) is 0.943. The Kier molecular flexibility index (Phi) is 7.90. The van der Waals surface area contributed by atoms with Crippen molar-refractivity contribution >= 4 is 35.3 Å². The van der Waals surface area contributed by atoms with Gasteiger partial charge in [-0.2, -0.15) is 0 Å². The van der Waals surface area contributed by atoms with E-state index in [1.807, 2.05) is 0 Å². The number of ether oxygens (including phenoxy) is 2. The molecule has 0 saturated carbocycles. The molecule has 0 spiro atoms. The Bertz CT molecular complexity index is 654. The fourth-order valence-corrected chi connectivity index (χ4v) is 2.31. The number of methoxy groups -OCH3 is 1. The molecule has 3 N–H and O–H groups in total. The molecule has 1 aromatic carbocycles. The van der Waals surface area contributed by atoms with E-state index in [0.717, 1.165) is 0 Å². The average Bonchev–Trinajstić information content (AvgIpc) is 2.99. The fraction of sp³-hybridized carbons (Fsp3) is 0.286. The summed E-state index contributed by atoms with van der Waals surface area (Å²) in [5.41, 5.74) is 5.94. The molecule has 23 heavy (non-hydrogen) atoms. The molecule has 0 saturated heterocycles. The quantitative estimate of drug-likeness (QED) is 0.740. The van der Waals surface area contributed by atoms with Crippen molar-refractivity contribution in [2.24, 2.45) is 5.73 Å². The van der Waals surface area contributed by atoms with Crippen LogP contribution in [-0.4, -0.2) is 31.2 Å². The molecule has 2 aromatic rings. The first kappa shape index (κ1) is 19.3. The second-order valence-corrected chi connectivity index (χ2v) is 5.21. The number of carbonyl (C=O) groups is 1. The second kappa shape index (κ2) is 9.41. The zero-order valence-corrected chi connectivity index (χ0v) is 14.0. The minimum absolute atomic E-state index is 0. The van der Waals surface area contributed by atoms with Gasteiger partial charge in [0, 0.05) is 25.1 Å². The van der Waals surface area contributed by atoms with E-state index in [2.05, 4.69) is 10.3 Å². The van der Waals surface area contributed by atoms with E-state index in [-0.39, 0.29) is 30.3 Å². The molecule has 0 atom stereocenters. The monoisotopic (exact) mass is 361 g/mol. The van der Waals surface area contributed by atoms with Gasteiger partial charge in [-0.05, 0) is 12.1 Å². The van der Waals surface area contributed by atoms with E-state index in [0.29, 0.717) is 24.0 Å². The Balaban J connectivity index is 0.00000264. The number of hydrogen-bond donors (Lipinski definition) is 2. The standard InChI is InChI=1S/C14H16FN3O3S.ClH/c1-20-4-5-21-12-3-2-9(15)6-10(12)18-14(19)11-8-22-13(7-16)17-11;/h2-3,6,8H,4-5,7,16H2,1H3,(H,18,19);1H. The van der Waals surface area contributed by atoms with Gasteiger partial charge in [-0.25, -0.2) is 9.37 Å². The number of carbonyl (C=O) groups excluding carboxylic acids is 1. The van der Waals surface area contributed by atoms with E-state index in [1.165, 1.54) is 29.5 Å². The van der Waals surface area contributed by atoms with Crippen LogP contribution < -0.4 is 15.8 Å². The van der Waals surface area contributed by atoms with Gasteiger partial charge < -0.3 is 20.5 Å². The molecule has 1 aromatic heterocycles. The molecule has 9 heteroatoms. The van der Waals surface area contributed by atoms with Crippen LogP contribution in [0, 0.1) is 5.82 Å². The summed E-state index contributed by atoms with van der Waals surface area (Å²) in [6, 6.07) is 3.90. The van der Waals surface area contributed by atoms with E-state index in [9.17, 15) is 9.18 Å². The number of halogens is 2. The number of benzene rings is 1. The molecule has 0 bridgehead atoms. The van der Waals surface area contributed by atoms with E-state index < -0.39 is 11.7 Å². The van der Waals surface area contributed by atoms with Crippen LogP contribution in [-0.2, 0) is 11.3 Å². The largest absolute Gasteiger partial charge is 0.489 e. The second-order valence-electron chi connectivity index (χ2n) is 4.27. The molecule has 0 aliphatic carbocycles. The lowest BCUT2D eigenvalue weighted by Crippen LogP contribution is -2.14. The molecule has 1 heterocycles. The molecule has 1 amide bonds. The van der Waals surface area contributed by atoms with Crippen molar-refractivity contribution in [3.05, 3.63) is 40.1 Å². The predicted molar refractivity (Wildman–Crippen MR) is 89.0 cm³/mol. The van der Waals surface area contributed by atoms with Crippen LogP contribution in [0.25, 0.3) is 0 Å². The highest BCUT2D eigenvalue weighted by molar-refractivity contribution is 7.09. The number of anilines is 1. The number of aromatic nitrogens is 1. The summed E-state index contributed by atoms with van der Waals surface area (Å²) in [6.07, 6.45) is 0. The lowest BCUT2D eigenvalue weighted by Gasteiger charge is -2.12. The molecule has 0 unspecified atom stereocenters. The van der Waals surface area contributed by atoms with Crippen LogP contribution >= 0.6 is 23.7 Å². The van der Waals surface area contributed by atoms with Crippen LogP contribution in [0.5, 0.6) is 5.75 Å². The van der Waals surface area contributed by atoms with Crippen molar-refractivity contribution in [2.45, 2.75) is 6.54 Å². The average molecular weight is 362 g/mol. The van der Waals surface area contributed by atoms with Gasteiger partial charge in [0.2, 0.25) is 0 Å². The topological polar surface area (TPSA) is 86.5 Å². The highest BCUT2D eigenvalue weighted by Crippen LogP contribution is 2.26. The molecular weight excluding hydrogens is 345 g/mol. The first-order valence-corrected chi connectivity index (χ1v) is 7.39. The number of amides is 1. The summed E-state index contributed by atoms with van der Waals surface area (Å²) in [5, 5.41) is 4.84. The molecule has 2 rings (SSSR count). The third-order valence-corrected chi connectivity index (χ3v) is 3.56. The summed E-state index contributed by atoms with van der Waals surface area (Å²) < 4.78 is 23.7. The molecule has 0 aliphatic heterocycles. The maximum absolute atomic E-state index is 13.4. The number of nitrogens with two attached hydrogens (primary N) is 1. The van der Waals surface area contributed by atoms with Gasteiger partial charge in [0.05, 0.1) is 12.3 Å². The molecule has 0 fully saturated rings. The first-order valence-electron chi connectivity index (χ1n) is 6.51. The lowest BCUT2D eigenvalue weighted by atomic mass is 10.2. The third-order valence-electron chi connectivity index (χ3n) is 2.69. The molecule has 6 nitrogen and oxygen atoms in total. The Morgan fingerprint density at radius 3 is 2.87 bits per heavy atom. The highest BCUT2D eigenvalue weighted by atomic mass is 35.5. The summed E-state index contributed by atoms with van der Waals surface area (Å²) >= 11 is 1.29. The number of hydrogen-bond acceptors (Lipinski definition) is 6. The number of thiazole rings is 1. The maximum Gasteiger partial charge on any atom is 0.275 e. The Labute approximate surface area is 143 Å². The van der Waals surface area contributed by atoms with Gasteiger partial charge in [0.25, 0.3) is 5.91 Å². The summed E-state index contributed by atoms with van der Waals surface area (Å²) in [4.78, 5) is 16.2. The first-order chi connectivity index (χ1) is 10.6. The predicted octanol–water partition coefficient (Wildman–Crippen LogP) is 2.44. The number of nitrogens with zero attached hydrogens (tertiary/aromatic N) is 1. The van der Waals surface area contributed by atoms with Gasteiger partial charge in [-0.15, -0.1) is 23.7 Å². The van der Waals surface area contributed by atoms with Gasteiger partial charge in [-0.3, -0.25) is 4.79 Å². The Hall–Kier alpha value is -1.74. The van der Waals surface area contributed by atoms with Gasteiger partial charge in [0.15, 0.2) is 0 Å². The SMILES string of the molecule is COCCOc1ccc(F)cc1NC(=O)c1csc(CN)n1.Cl. The van der Waals surface area contributed by atoms with Crippen molar-refractivity contribution in [2.75, 3.05) is 25.6 Å². The minimum atomic E-state index is -0.477. The van der Waals surface area contributed by atoms with Crippen LogP contribution in [0.2, 0.25) is 0 Å². The normalized spacial score (nSPS) is 10.0. The van der Waals surface area contributed by atoms with Crippen molar-refractivity contribution in [3.8, 4) is 5.75 Å². The van der Waals surface area contributed by atoms with E-state index in [1.54, 1.807) is 12.5 Å². The fourth-order valence-electron chi connectivity index (χ4n) is 1.66. The number of rotatable bonds is 7. The minimum Gasteiger partial charge on any atom is -0.489 e. The third kappa shape index (κ3) is 5.43. The maximum atomic E-state index is 13.4. The van der Waals surface area contributed by atoms with Gasteiger partial charge in [-0.1, -0.05) is 0 Å². The smallest absolute Gasteiger partial charge is 0.275 e. The van der Waals surface area contributed by atoms with Crippen LogP contribution in [0.15, 0.2) is 23.6 Å². The van der Waals surface area contributed by atoms with Crippen molar-refractivity contribution in [1.82, 2.24) is 4.98 Å². The summed E-state index contributed by atoms with van der Waals surface area (Å²) in [5.74, 6) is -0.561. The van der Waals surface area contributed by atoms with Crippen LogP contribution in [0.1, 0.15) is 15.5 Å². The van der Waals surface area contributed by atoms with Crippen LogP contribution in [0.4, 0.5) is 10.1 Å². The van der Waals surface area contributed by atoms with Crippen molar-refractivity contribution in [1.29, 1.82) is 0 Å². The van der Waals surface area contributed by atoms with E-state index in [4.69, 9.17) is 15.2 Å². The van der Waals surface area contributed by atoms with Crippen LogP contribution in [0.3, 0.4) is 0 Å². The van der Waals surface area contributed by atoms with Crippen molar-refractivity contribution in [3.63, 3.8) is 0 Å². The molecular formula is C14H17ClFN3O3S. The molecule has 126 valence electrons. The lowest BCUT2D eigenvalue weighted by molar-refractivity contribution is 0.102. The highest BCUT2D eigenvalue weighted by Gasteiger charge is 2.14. The Morgan fingerprint density at radius 1 is 1.43 bits per heavy atom. The number of nitrogens with one attached hydrogen (secondary N) is 1. The zero-order valence-electron chi connectivity index (χ0n) is 12.4. The summed E-state index contributed by atoms with van der Waals surface area (Å²) in [7, 11) is 1.55. The molecule has 0 aliphatic rings. The Morgan fingerprint density at radius 2 is 2.22 bits per heavy atom. The van der Waals surface area contributed by atoms with E-state index >= 15 is 0 Å². The van der Waals surface area contributed by atoms with Gasteiger partial charge >= 0.3 is 0 Å². The molecule has 0 radical (unpaired) electrons. The van der Waals surface area contributed by atoms with Gasteiger partial charge in [0.1, 0.15) is 28.9 Å².